The van der Waals surface area contributed by atoms with Gasteiger partial charge < -0.3 is 16.4 Å². The van der Waals surface area contributed by atoms with Gasteiger partial charge in [0.1, 0.15) is 5.65 Å². The number of nitrogens with two attached hydrogens (primary N) is 1. The minimum atomic E-state index is -0.213. The van der Waals surface area contributed by atoms with Gasteiger partial charge in [-0.25, -0.2) is 9.97 Å². The van der Waals surface area contributed by atoms with E-state index in [2.05, 4.69) is 20.0 Å². The van der Waals surface area contributed by atoms with Gasteiger partial charge in [0.05, 0.1) is 33.3 Å². The number of carbonyl (C=O) groups excluding carboxylic acids is 1. The van der Waals surface area contributed by atoms with Crippen LogP contribution in [0.5, 0.6) is 0 Å². The van der Waals surface area contributed by atoms with Gasteiger partial charge in [0.25, 0.3) is 5.91 Å². The summed E-state index contributed by atoms with van der Waals surface area (Å²) in [5.74, 6) is -0.213. The van der Waals surface area contributed by atoms with Gasteiger partial charge in [0, 0.05) is 17.4 Å². The van der Waals surface area contributed by atoms with Gasteiger partial charge in [-0.2, -0.15) is 0 Å². The van der Waals surface area contributed by atoms with E-state index in [9.17, 15) is 4.79 Å². The summed E-state index contributed by atoms with van der Waals surface area (Å²) >= 11 is 1.58. The van der Waals surface area contributed by atoms with Crippen molar-refractivity contribution in [3.63, 3.8) is 0 Å². The topological polar surface area (TPSA) is 97.3 Å². The maximum absolute atomic E-state index is 12.5. The molecule has 0 aliphatic heterocycles. The highest BCUT2D eigenvalue weighted by Crippen LogP contribution is 2.36. The van der Waals surface area contributed by atoms with Crippen molar-refractivity contribution in [2.75, 3.05) is 16.4 Å². The fourth-order valence-electron chi connectivity index (χ4n) is 3.69. The van der Waals surface area contributed by atoms with E-state index in [-0.39, 0.29) is 5.91 Å². The van der Waals surface area contributed by atoms with Crippen LogP contribution in [0.4, 0.5) is 22.2 Å². The predicted molar refractivity (Wildman–Crippen MR) is 134 cm³/mol. The van der Waals surface area contributed by atoms with Gasteiger partial charge >= 0.3 is 0 Å². The Hall–Kier alpha value is -4.17. The first-order valence-electron chi connectivity index (χ1n) is 10.4. The van der Waals surface area contributed by atoms with Gasteiger partial charge in [0.2, 0.25) is 0 Å². The average molecular weight is 455 g/mol. The number of para-hydroxylation sites is 2. The highest BCUT2D eigenvalue weighted by atomic mass is 32.1. The molecule has 0 radical (unpaired) electrons. The molecule has 2 aromatic carbocycles. The molecule has 1 amide bonds. The van der Waals surface area contributed by atoms with Crippen molar-refractivity contribution in [2.45, 2.75) is 13.8 Å². The van der Waals surface area contributed by atoms with E-state index < -0.39 is 0 Å². The van der Waals surface area contributed by atoms with Crippen LogP contribution >= 0.6 is 11.3 Å². The van der Waals surface area contributed by atoms with Gasteiger partial charge in [-0.1, -0.05) is 29.5 Å². The quantitative estimate of drug-likeness (QED) is 0.298. The number of hydrogen-bond donors (Lipinski definition) is 3. The Morgan fingerprint density at radius 2 is 1.70 bits per heavy atom. The van der Waals surface area contributed by atoms with Crippen molar-refractivity contribution < 1.29 is 4.79 Å². The van der Waals surface area contributed by atoms with Crippen LogP contribution in [-0.4, -0.2) is 20.3 Å². The van der Waals surface area contributed by atoms with Crippen LogP contribution < -0.4 is 16.4 Å². The molecular weight excluding hydrogens is 432 g/mol. The Kier molecular flexibility index (Phi) is 5.27. The van der Waals surface area contributed by atoms with Crippen LogP contribution in [0.15, 0.2) is 72.9 Å². The smallest absolute Gasteiger partial charge is 0.255 e. The molecule has 0 bridgehead atoms. The number of nitrogen functional groups attached to an aromatic ring is 1. The largest absolute Gasteiger partial charge is 0.397 e. The highest BCUT2D eigenvalue weighted by molar-refractivity contribution is 7.19. The van der Waals surface area contributed by atoms with Gasteiger partial charge in [-0.3, -0.25) is 9.20 Å². The third kappa shape index (κ3) is 4.04. The minimum Gasteiger partial charge on any atom is -0.397 e. The molecule has 5 rings (SSSR count). The second kappa shape index (κ2) is 8.40. The third-order valence-corrected chi connectivity index (χ3v) is 6.40. The molecule has 0 unspecified atom stereocenters. The van der Waals surface area contributed by atoms with Gasteiger partial charge in [0.15, 0.2) is 5.13 Å². The predicted octanol–water partition coefficient (Wildman–Crippen LogP) is 5.65. The molecule has 3 aromatic heterocycles. The number of pyridine rings is 1. The SMILES string of the molecule is Cc1nc(Nc2ccc(C(=O)Nc3ccccc3N)cc2)sc1-c1c(C)nc2ccccn12. The number of imidazole rings is 1. The van der Waals surface area contributed by atoms with E-state index >= 15 is 0 Å². The summed E-state index contributed by atoms with van der Waals surface area (Å²) in [5, 5.41) is 6.96. The van der Waals surface area contributed by atoms with Crippen LogP contribution in [0.1, 0.15) is 21.7 Å². The molecule has 0 saturated carbocycles. The van der Waals surface area contributed by atoms with Crippen molar-refractivity contribution in [1.29, 1.82) is 0 Å². The van der Waals surface area contributed by atoms with E-state index in [1.54, 1.807) is 35.6 Å². The number of fused-ring (bicyclic) bond motifs is 1. The number of aryl methyl sites for hydroxylation is 2. The lowest BCUT2D eigenvalue weighted by molar-refractivity contribution is 0.102. The molecule has 0 fully saturated rings. The lowest BCUT2D eigenvalue weighted by Gasteiger charge is -2.08. The molecule has 0 spiro atoms. The maximum Gasteiger partial charge on any atom is 0.255 e. The lowest BCUT2D eigenvalue weighted by Crippen LogP contribution is -2.13. The molecule has 0 saturated heterocycles. The second-order valence-electron chi connectivity index (χ2n) is 7.65. The van der Waals surface area contributed by atoms with E-state index in [0.717, 1.165) is 38.4 Å². The average Bonchev–Trinajstić information content (AvgIpc) is 3.33. The first-order valence-corrected chi connectivity index (χ1v) is 11.3. The van der Waals surface area contributed by atoms with Crippen LogP contribution in [0, 0.1) is 13.8 Å². The van der Waals surface area contributed by atoms with E-state index in [1.165, 1.54) is 0 Å². The number of aromatic nitrogens is 3. The summed E-state index contributed by atoms with van der Waals surface area (Å²) in [7, 11) is 0. The summed E-state index contributed by atoms with van der Waals surface area (Å²) in [6.07, 6.45) is 2.02. The molecule has 33 heavy (non-hydrogen) atoms. The second-order valence-corrected chi connectivity index (χ2v) is 8.65. The molecule has 5 aromatic rings. The minimum absolute atomic E-state index is 0.213. The Balaban J connectivity index is 1.35. The Labute approximate surface area is 194 Å². The van der Waals surface area contributed by atoms with E-state index in [1.807, 2.05) is 62.5 Å². The summed E-state index contributed by atoms with van der Waals surface area (Å²) in [6, 6.07) is 20.4. The van der Waals surface area contributed by atoms with Crippen molar-refractivity contribution in [2.24, 2.45) is 0 Å². The molecule has 4 N–H and O–H groups in total. The van der Waals surface area contributed by atoms with Crippen molar-refractivity contribution in [1.82, 2.24) is 14.4 Å². The maximum atomic E-state index is 12.5. The highest BCUT2D eigenvalue weighted by Gasteiger charge is 2.17. The standard InChI is InChI=1S/C25H22N6OS/c1-15-22(31-14-6-5-9-21(31)27-15)23-16(2)28-25(33-23)29-18-12-10-17(11-13-18)24(32)30-20-8-4-3-7-19(20)26/h3-14H,26H2,1-2H3,(H,28,29)(H,30,32). The van der Waals surface area contributed by atoms with E-state index in [0.29, 0.717) is 16.9 Å². The summed E-state index contributed by atoms with van der Waals surface area (Å²) in [5.41, 5.74) is 12.3. The zero-order chi connectivity index (χ0) is 22.9. The zero-order valence-electron chi connectivity index (χ0n) is 18.2. The number of benzene rings is 2. The van der Waals surface area contributed by atoms with Gasteiger partial charge in [-0.15, -0.1) is 0 Å². The zero-order valence-corrected chi connectivity index (χ0v) is 19.0. The first-order chi connectivity index (χ1) is 16.0. The number of carbonyl (C=O) groups is 1. The van der Waals surface area contributed by atoms with Crippen molar-refractivity contribution in [3.05, 3.63) is 89.9 Å². The van der Waals surface area contributed by atoms with Crippen molar-refractivity contribution >= 4 is 45.1 Å². The molecule has 7 nitrogen and oxygen atoms in total. The van der Waals surface area contributed by atoms with Crippen LogP contribution in [0.3, 0.4) is 0 Å². The molecule has 0 atom stereocenters. The molecule has 0 aliphatic carbocycles. The number of nitrogens with zero attached hydrogens (tertiary/aromatic N) is 3. The first kappa shape index (κ1) is 20.7. The number of rotatable bonds is 5. The fraction of sp³-hybridized carbons (Fsp3) is 0.0800. The van der Waals surface area contributed by atoms with Crippen LogP contribution in [0.25, 0.3) is 16.2 Å². The Morgan fingerprint density at radius 1 is 0.939 bits per heavy atom. The third-order valence-electron chi connectivity index (χ3n) is 5.32. The fourth-order valence-corrected chi connectivity index (χ4v) is 4.77. The number of amides is 1. The van der Waals surface area contributed by atoms with E-state index in [4.69, 9.17) is 10.7 Å². The summed E-state index contributed by atoms with van der Waals surface area (Å²) in [6.45, 7) is 4.02. The Bertz CT molecular complexity index is 1470. The molecule has 0 aliphatic rings. The van der Waals surface area contributed by atoms with Crippen molar-refractivity contribution in [3.8, 4) is 10.6 Å². The number of nitrogens with one attached hydrogen (secondary N) is 2. The summed E-state index contributed by atoms with van der Waals surface area (Å²) < 4.78 is 2.09. The Morgan fingerprint density at radius 3 is 2.48 bits per heavy atom. The lowest BCUT2D eigenvalue weighted by atomic mass is 10.2. The number of hydrogen-bond acceptors (Lipinski definition) is 6. The molecule has 164 valence electrons. The van der Waals surface area contributed by atoms with Gasteiger partial charge in [-0.05, 0) is 62.4 Å². The van der Waals surface area contributed by atoms with Crippen LogP contribution in [0.2, 0.25) is 0 Å². The molecule has 8 heteroatoms. The number of thiazole rings is 1. The monoisotopic (exact) mass is 454 g/mol. The van der Waals surface area contributed by atoms with Crippen LogP contribution in [-0.2, 0) is 0 Å². The molecular formula is C25H22N6OS. The molecule has 3 heterocycles. The summed E-state index contributed by atoms with van der Waals surface area (Å²) in [4.78, 5) is 23.0. The number of anilines is 4. The normalized spacial score (nSPS) is 11.0.